The van der Waals surface area contributed by atoms with E-state index < -0.39 is 10.0 Å². The predicted molar refractivity (Wildman–Crippen MR) is 52.6 cm³/mol. The van der Waals surface area contributed by atoms with Gasteiger partial charge in [0, 0.05) is 12.6 Å². The third-order valence-electron chi connectivity index (χ3n) is 2.60. The molecule has 7 heteroatoms. The molecule has 1 fully saturated rings. The molecule has 1 aliphatic rings. The number of nitrogens with zero attached hydrogens (tertiary/aromatic N) is 2. The Morgan fingerprint density at radius 2 is 2.47 bits per heavy atom. The van der Waals surface area contributed by atoms with Gasteiger partial charge in [-0.3, -0.25) is 5.10 Å². The van der Waals surface area contributed by atoms with Crippen LogP contribution >= 0.6 is 0 Å². The molecule has 0 radical (unpaired) electrons. The number of sulfonamides is 1. The van der Waals surface area contributed by atoms with Crippen molar-refractivity contribution in [3.8, 4) is 0 Å². The number of H-pyrrole nitrogens is 1. The van der Waals surface area contributed by atoms with Crippen LogP contribution in [0.3, 0.4) is 0 Å². The highest BCUT2D eigenvalue weighted by Crippen LogP contribution is 2.24. The average Bonchev–Trinajstić information content (AvgIpc) is 2.89. The summed E-state index contributed by atoms with van der Waals surface area (Å²) in [4.78, 5) is 0. The van der Waals surface area contributed by atoms with Gasteiger partial charge in [-0.2, -0.15) is 9.40 Å². The van der Waals surface area contributed by atoms with Crippen molar-refractivity contribution >= 4 is 10.0 Å². The lowest BCUT2D eigenvalue weighted by Gasteiger charge is -2.21. The van der Waals surface area contributed by atoms with Gasteiger partial charge in [-0.05, 0) is 18.9 Å². The second-order valence-electron chi connectivity index (χ2n) is 3.52. The zero-order valence-corrected chi connectivity index (χ0v) is 8.94. The van der Waals surface area contributed by atoms with Crippen LogP contribution in [0.25, 0.3) is 0 Å². The third-order valence-corrected chi connectivity index (χ3v) is 4.48. The number of hydrogen-bond donors (Lipinski definition) is 2. The van der Waals surface area contributed by atoms with Gasteiger partial charge in [-0.1, -0.05) is 0 Å². The topological polar surface area (TPSA) is 86.3 Å². The Labute approximate surface area is 88.0 Å². The first-order valence-corrected chi connectivity index (χ1v) is 6.22. The Hall–Kier alpha value is -0.920. The van der Waals surface area contributed by atoms with Crippen molar-refractivity contribution in [2.24, 2.45) is 0 Å². The van der Waals surface area contributed by atoms with Gasteiger partial charge in [-0.25, -0.2) is 8.42 Å². The molecule has 2 heterocycles. The van der Waals surface area contributed by atoms with Crippen molar-refractivity contribution in [2.75, 3.05) is 13.2 Å². The molecule has 0 aliphatic carbocycles. The first-order chi connectivity index (χ1) is 7.16. The molecule has 1 atom stereocenters. The van der Waals surface area contributed by atoms with E-state index in [9.17, 15) is 8.42 Å². The molecule has 2 N–H and O–H groups in total. The minimum absolute atomic E-state index is 0.0860. The molecular weight excluding hydrogens is 218 g/mol. The lowest BCUT2D eigenvalue weighted by atomic mass is 10.2. The molecule has 0 bridgehead atoms. The summed E-state index contributed by atoms with van der Waals surface area (Å²) in [6.07, 6.45) is 2.90. The van der Waals surface area contributed by atoms with Gasteiger partial charge < -0.3 is 5.11 Å². The zero-order chi connectivity index (χ0) is 10.9. The maximum atomic E-state index is 12.0. The first-order valence-electron chi connectivity index (χ1n) is 4.78. The molecule has 15 heavy (non-hydrogen) atoms. The Kier molecular flexibility index (Phi) is 2.76. The fraction of sp³-hybridized carbons (Fsp3) is 0.625. The SMILES string of the molecule is O=S(=O)(c1ccn[nH]1)N1CCC[C@@H]1CO. The van der Waals surface area contributed by atoms with Gasteiger partial charge in [0.15, 0.2) is 5.03 Å². The summed E-state index contributed by atoms with van der Waals surface area (Å²) in [6.45, 7) is 0.333. The number of aliphatic hydroxyl groups is 1. The van der Waals surface area contributed by atoms with Gasteiger partial charge in [0.1, 0.15) is 0 Å². The smallest absolute Gasteiger partial charge is 0.260 e. The minimum Gasteiger partial charge on any atom is -0.395 e. The van der Waals surface area contributed by atoms with Crippen LogP contribution < -0.4 is 0 Å². The maximum Gasteiger partial charge on any atom is 0.260 e. The van der Waals surface area contributed by atoms with E-state index in [1.807, 2.05) is 0 Å². The molecule has 0 unspecified atom stereocenters. The number of aromatic amines is 1. The van der Waals surface area contributed by atoms with E-state index in [0.29, 0.717) is 13.0 Å². The first kappa shape index (κ1) is 10.6. The summed E-state index contributed by atoms with van der Waals surface area (Å²) in [7, 11) is -3.50. The van der Waals surface area contributed by atoms with E-state index in [-0.39, 0.29) is 17.7 Å². The standard InChI is InChI=1S/C8H13N3O3S/c12-6-7-2-1-5-11(7)15(13,14)8-3-4-9-10-8/h3-4,7,12H,1-2,5-6H2,(H,9,10)/t7-/m1/s1. The van der Waals surface area contributed by atoms with Crippen LogP contribution in [0.2, 0.25) is 0 Å². The van der Waals surface area contributed by atoms with Crippen LogP contribution in [0.5, 0.6) is 0 Å². The van der Waals surface area contributed by atoms with Crippen molar-refractivity contribution in [1.82, 2.24) is 14.5 Å². The fourth-order valence-electron chi connectivity index (χ4n) is 1.82. The van der Waals surface area contributed by atoms with Crippen molar-refractivity contribution in [3.63, 3.8) is 0 Å². The van der Waals surface area contributed by atoms with Crippen molar-refractivity contribution < 1.29 is 13.5 Å². The van der Waals surface area contributed by atoms with E-state index in [4.69, 9.17) is 5.11 Å². The zero-order valence-electron chi connectivity index (χ0n) is 8.13. The van der Waals surface area contributed by atoms with Crippen LogP contribution in [0.15, 0.2) is 17.3 Å². The Balaban J connectivity index is 2.30. The predicted octanol–water partition coefficient (Wildman–Crippen LogP) is -0.445. The van der Waals surface area contributed by atoms with Gasteiger partial charge in [0.2, 0.25) is 0 Å². The van der Waals surface area contributed by atoms with E-state index in [0.717, 1.165) is 6.42 Å². The van der Waals surface area contributed by atoms with E-state index >= 15 is 0 Å². The molecule has 2 rings (SSSR count). The van der Waals surface area contributed by atoms with Crippen LogP contribution in [0.4, 0.5) is 0 Å². The molecule has 0 aromatic carbocycles. The highest BCUT2D eigenvalue weighted by atomic mass is 32.2. The molecule has 1 aromatic rings. The second-order valence-corrected chi connectivity index (χ2v) is 5.37. The van der Waals surface area contributed by atoms with Crippen molar-refractivity contribution in [3.05, 3.63) is 12.3 Å². The average molecular weight is 231 g/mol. The van der Waals surface area contributed by atoms with Crippen LogP contribution in [0.1, 0.15) is 12.8 Å². The maximum absolute atomic E-state index is 12.0. The second kappa shape index (κ2) is 3.92. The van der Waals surface area contributed by atoms with E-state index in [2.05, 4.69) is 10.2 Å². The van der Waals surface area contributed by atoms with Gasteiger partial charge >= 0.3 is 0 Å². The molecule has 0 saturated carbocycles. The quantitative estimate of drug-likeness (QED) is 0.738. The Bertz CT molecular complexity index is 414. The van der Waals surface area contributed by atoms with Crippen molar-refractivity contribution in [1.29, 1.82) is 0 Å². The largest absolute Gasteiger partial charge is 0.395 e. The molecule has 1 saturated heterocycles. The summed E-state index contributed by atoms with van der Waals surface area (Å²) in [6, 6.07) is 1.13. The highest BCUT2D eigenvalue weighted by Gasteiger charge is 2.35. The van der Waals surface area contributed by atoms with E-state index in [1.165, 1.54) is 16.6 Å². The normalized spacial score (nSPS) is 23.4. The van der Waals surface area contributed by atoms with Gasteiger partial charge in [-0.15, -0.1) is 0 Å². The molecule has 0 amide bonds. The molecule has 0 spiro atoms. The summed E-state index contributed by atoms with van der Waals surface area (Å²) >= 11 is 0. The van der Waals surface area contributed by atoms with Crippen molar-refractivity contribution in [2.45, 2.75) is 23.9 Å². The van der Waals surface area contributed by atoms with Crippen LogP contribution in [0, 0.1) is 0 Å². The lowest BCUT2D eigenvalue weighted by Crippen LogP contribution is -2.37. The van der Waals surface area contributed by atoms with Crippen LogP contribution in [-0.2, 0) is 10.0 Å². The number of nitrogens with one attached hydrogen (secondary N) is 1. The number of hydrogen-bond acceptors (Lipinski definition) is 4. The molecular formula is C8H13N3O3S. The lowest BCUT2D eigenvalue weighted by molar-refractivity contribution is 0.213. The molecule has 1 aromatic heterocycles. The molecule has 84 valence electrons. The van der Waals surface area contributed by atoms with Gasteiger partial charge in [0.05, 0.1) is 12.8 Å². The highest BCUT2D eigenvalue weighted by molar-refractivity contribution is 7.89. The summed E-state index contributed by atoms with van der Waals surface area (Å²) in [5.41, 5.74) is 0. The van der Waals surface area contributed by atoms with E-state index in [1.54, 1.807) is 0 Å². The number of aliphatic hydroxyl groups excluding tert-OH is 1. The molecule has 6 nitrogen and oxygen atoms in total. The third kappa shape index (κ3) is 1.77. The Morgan fingerprint density at radius 1 is 1.67 bits per heavy atom. The fourth-order valence-corrected chi connectivity index (χ4v) is 3.41. The summed E-state index contributed by atoms with van der Waals surface area (Å²) in [5.74, 6) is 0. The number of aromatic nitrogens is 2. The number of rotatable bonds is 3. The summed E-state index contributed by atoms with van der Waals surface area (Å²) in [5, 5.41) is 15.2. The van der Waals surface area contributed by atoms with Gasteiger partial charge in [0.25, 0.3) is 10.0 Å². The van der Waals surface area contributed by atoms with Crippen LogP contribution in [-0.4, -0.2) is 47.2 Å². The Morgan fingerprint density at radius 3 is 3.07 bits per heavy atom. The molecule has 1 aliphatic heterocycles. The monoisotopic (exact) mass is 231 g/mol. The summed E-state index contributed by atoms with van der Waals surface area (Å²) < 4.78 is 25.4. The minimum atomic E-state index is -3.50.